The highest BCUT2D eigenvalue weighted by atomic mass is 35.5. The van der Waals surface area contributed by atoms with Crippen molar-refractivity contribution in [2.45, 2.75) is 25.3 Å². The van der Waals surface area contributed by atoms with Crippen molar-refractivity contribution in [2.24, 2.45) is 0 Å². The fourth-order valence-corrected chi connectivity index (χ4v) is 1.84. The van der Waals surface area contributed by atoms with Gasteiger partial charge in [0.25, 0.3) is 0 Å². The highest BCUT2D eigenvalue weighted by Gasteiger charge is 2.11. The number of hydrogen-bond acceptors (Lipinski definition) is 4. The van der Waals surface area contributed by atoms with Crippen LogP contribution in [-0.2, 0) is 0 Å². The standard InChI is InChI=1S/C10H15ClN4/c11-9-4-5-10(15-14-9)13-7-8-3-1-2-6-12-8/h4-5,8,12H,1-3,6-7H2,(H,13,15)/t8-/m1/s1. The highest BCUT2D eigenvalue weighted by Crippen LogP contribution is 2.09. The van der Waals surface area contributed by atoms with Crippen LogP contribution in [0, 0.1) is 0 Å². The summed E-state index contributed by atoms with van der Waals surface area (Å²) in [5, 5.41) is 14.9. The molecule has 4 nitrogen and oxygen atoms in total. The first-order valence-corrected chi connectivity index (χ1v) is 5.69. The molecule has 0 aromatic carbocycles. The minimum absolute atomic E-state index is 0.427. The maximum atomic E-state index is 5.65. The molecule has 1 aliphatic heterocycles. The zero-order valence-electron chi connectivity index (χ0n) is 8.54. The molecule has 1 fully saturated rings. The lowest BCUT2D eigenvalue weighted by Gasteiger charge is -2.23. The van der Waals surface area contributed by atoms with Crippen molar-refractivity contribution in [3.63, 3.8) is 0 Å². The van der Waals surface area contributed by atoms with E-state index in [-0.39, 0.29) is 0 Å². The van der Waals surface area contributed by atoms with Gasteiger partial charge in [-0.3, -0.25) is 0 Å². The van der Waals surface area contributed by atoms with Gasteiger partial charge in [-0.25, -0.2) is 0 Å². The van der Waals surface area contributed by atoms with E-state index in [0.29, 0.717) is 11.2 Å². The molecule has 0 aliphatic carbocycles. The number of halogens is 1. The van der Waals surface area contributed by atoms with Gasteiger partial charge in [0.1, 0.15) is 5.82 Å². The molecule has 1 aromatic rings. The molecule has 82 valence electrons. The summed E-state index contributed by atoms with van der Waals surface area (Å²) in [4.78, 5) is 0. The number of hydrogen-bond donors (Lipinski definition) is 2. The van der Waals surface area contributed by atoms with E-state index in [4.69, 9.17) is 11.6 Å². The molecular weight excluding hydrogens is 212 g/mol. The minimum Gasteiger partial charge on any atom is -0.367 e. The second-order valence-corrected chi connectivity index (χ2v) is 4.16. The van der Waals surface area contributed by atoms with Crippen molar-refractivity contribution in [3.05, 3.63) is 17.3 Å². The van der Waals surface area contributed by atoms with Crippen molar-refractivity contribution in [2.75, 3.05) is 18.4 Å². The van der Waals surface area contributed by atoms with E-state index < -0.39 is 0 Å². The van der Waals surface area contributed by atoms with Gasteiger partial charge in [0.2, 0.25) is 0 Å². The molecule has 15 heavy (non-hydrogen) atoms. The summed E-state index contributed by atoms with van der Waals surface area (Å²) >= 11 is 5.65. The van der Waals surface area contributed by atoms with Crippen molar-refractivity contribution in [1.29, 1.82) is 0 Å². The van der Waals surface area contributed by atoms with Crippen LogP contribution >= 0.6 is 11.6 Å². The summed E-state index contributed by atoms with van der Waals surface area (Å²) in [6.45, 7) is 2.02. The molecule has 0 radical (unpaired) electrons. The van der Waals surface area contributed by atoms with Crippen LogP contribution in [0.25, 0.3) is 0 Å². The van der Waals surface area contributed by atoms with Gasteiger partial charge < -0.3 is 10.6 Å². The lowest BCUT2D eigenvalue weighted by atomic mass is 10.1. The molecule has 1 saturated heterocycles. The van der Waals surface area contributed by atoms with Crippen molar-refractivity contribution < 1.29 is 0 Å². The minimum atomic E-state index is 0.427. The second-order valence-electron chi connectivity index (χ2n) is 3.77. The Kier molecular flexibility index (Phi) is 3.75. The van der Waals surface area contributed by atoms with Crippen LogP contribution in [0.2, 0.25) is 5.15 Å². The quantitative estimate of drug-likeness (QED) is 0.824. The summed E-state index contributed by atoms with van der Waals surface area (Å²) in [6.07, 6.45) is 3.83. The van der Waals surface area contributed by atoms with Gasteiger partial charge in [-0.2, -0.15) is 0 Å². The van der Waals surface area contributed by atoms with E-state index in [2.05, 4.69) is 20.8 Å². The van der Waals surface area contributed by atoms with E-state index >= 15 is 0 Å². The summed E-state index contributed by atoms with van der Waals surface area (Å²) < 4.78 is 0. The molecule has 0 unspecified atom stereocenters. The van der Waals surface area contributed by atoms with Crippen LogP contribution in [0.3, 0.4) is 0 Å². The Morgan fingerprint density at radius 2 is 2.33 bits per heavy atom. The number of nitrogens with zero attached hydrogens (tertiary/aromatic N) is 2. The molecule has 0 spiro atoms. The molecule has 0 amide bonds. The normalized spacial score (nSPS) is 21.3. The van der Waals surface area contributed by atoms with Crippen LogP contribution < -0.4 is 10.6 Å². The average molecular weight is 227 g/mol. The fourth-order valence-electron chi connectivity index (χ4n) is 1.74. The van der Waals surface area contributed by atoms with Gasteiger partial charge in [0.05, 0.1) is 0 Å². The first-order valence-electron chi connectivity index (χ1n) is 5.31. The van der Waals surface area contributed by atoms with E-state index in [1.165, 1.54) is 19.3 Å². The molecule has 1 aliphatic rings. The summed E-state index contributed by atoms with van der Waals surface area (Å²) in [7, 11) is 0. The molecule has 0 bridgehead atoms. The SMILES string of the molecule is Clc1ccc(NC[C@H]2CCCCN2)nn1. The van der Waals surface area contributed by atoms with E-state index in [1.54, 1.807) is 6.07 Å². The number of aromatic nitrogens is 2. The maximum Gasteiger partial charge on any atom is 0.151 e. The van der Waals surface area contributed by atoms with Crippen LogP contribution in [-0.4, -0.2) is 29.3 Å². The number of nitrogens with one attached hydrogen (secondary N) is 2. The number of piperidine rings is 1. The first-order chi connectivity index (χ1) is 7.34. The predicted molar refractivity (Wildman–Crippen MR) is 61.2 cm³/mol. The number of anilines is 1. The summed E-state index contributed by atoms with van der Waals surface area (Å²) in [5.41, 5.74) is 0. The Morgan fingerprint density at radius 1 is 1.40 bits per heavy atom. The van der Waals surface area contributed by atoms with E-state index in [0.717, 1.165) is 18.9 Å². The number of rotatable bonds is 3. The Hall–Kier alpha value is -0.870. The lowest BCUT2D eigenvalue weighted by Crippen LogP contribution is -2.39. The maximum absolute atomic E-state index is 5.65. The molecular formula is C10H15ClN4. The zero-order valence-corrected chi connectivity index (χ0v) is 9.30. The molecule has 1 aromatic heterocycles. The van der Waals surface area contributed by atoms with Crippen LogP contribution in [0.15, 0.2) is 12.1 Å². The fraction of sp³-hybridized carbons (Fsp3) is 0.600. The Bertz CT molecular complexity index is 295. The zero-order chi connectivity index (χ0) is 10.5. The van der Waals surface area contributed by atoms with Crippen LogP contribution in [0.4, 0.5) is 5.82 Å². The Morgan fingerprint density at radius 3 is 3.00 bits per heavy atom. The van der Waals surface area contributed by atoms with Crippen molar-refractivity contribution in [1.82, 2.24) is 15.5 Å². The van der Waals surface area contributed by atoms with E-state index in [9.17, 15) is 0 Å². The van der Waals surface area contributed by atoms with E-state index in [1.807, 2.05) is 6.07 Å². The van der Waals surface area contributed by atoms with Gasteiger partial charge in [-0.05, 0) is 31.5 Å². The second kappa shape index (κ2) is 5.28. The molecule has 1 atom stereocenters. The van der Waals surface area contributed by atoms with Gasteiger partial charge in [0.15, 0.2) is 5.15 Å². The third kappa shape index (κ3) is 3.32. The van der Waals surface area contributed by atoms with Crippen molar-refractivity contribution in [3.8, 4) is 0 Å². The van der Waals surface area contributed by atoms with Crippen LogP contribution in [0.1, 0.15) is 19.3 Å². The monoisotopic (exact) mass is 226 g/mol. The average Bonchev–Trinajstić information content (AvgIpc) is 2.30. The summed E-state index contributed by atoms with van der Waals surface area (Å²) in [5.74, 6) is 0.784. The van der Waals surface area contributed by atoms with Gasteiger partial charge in [-0.15, -0.1) is 10.2 Å². The smallest absolute Gasteiger partial charge is 0.151 e. The Balaban J connectivity index is 1.79. The van der Waals surface area contributed by atoms with Crippen molar-refractivity contribution >= 4 is 17.4 Å². The van der Waals surface area contributed by atoms with Gasteiger partial charge in [0, 0.05) is 12.6 Å². The molecule has 2 heterocycles. The molecule has 0 saturated carbocycles. The summed E-state index contributed by atoms with van der Waals surface area (Å²) in [6, 6.07) is 4.14. The first kappa shape index (κ1) is 10.6. The third-order valence-electron chi connectivity index (χ3n) is 2.57. The largest absolute Gasteiger partial charge is 0.367 e. The molecule has 2 N–H and O–H groups in total. The predicted octanol–water partition coefficient (Wildman–Crippen LogP) is 1.68. The third-order valence-corrected chi connectivity index (χ3v) is 2.78. The van der Waals surface area contributed by atoms with Crippen LogP contribution in [0.5, 0.6) is 0 Å². The molecule has 5 heteroatoms. The highest BCUT2D eigenvalue weighted by molar-refractivity contribution is 6.29. The Labute approximate surface area is 94.4 Å². The lowest BCUT2D eigenvalue weighted by molar-refractivity contribution is 0.414. The van der Waals surface area contributed by atoms with Gasteiger partial charge >= 0.3 is 0 Å². The molecule has 2 rings (SSSR count). The topological polar surface area (TPSA) is 49.8 Å². The van der Waals surface area contributed by atoms with Gasteiger partial charge in [-0.1, -0.05) is 18.0 Å².